The van der Waals surface area contributed by atoms with Gasteiger partial charge in [0, 0.05) is 25.0 Å². The first-order valence-electron chi connectivity index (χ1n) is 8.45. The zero-order valence-electron chi connectivity index (χ0n) is 13.9. The maximum Gasteiger partial charge on any atom is 0.231 e. The molecule has 2 aromatic rings. The summed E-state index contributed by atoms with van der Waals surface area (Å²) in [5, 5.41) is 0. The second-order valence-electron chi connectivity index (χ2n) is 6.30. The average Bonchev–Trinajstić information content (AvgIpc) is 3.11. The molecule has 0 unspecified atom stereocenters. The molecule has 126 valence electrons. The second kappa shape index (κ2) is 6.69. The molecule has 1 fully saturated rings. The molecule has 0 saturated carbocycles. The van der Waals surface area contributed by atoms with Crippen LogP contribution in [0.25, 0.3) is 0 Å². The number of likely N-dealkylation sites (tertiary alicyclic amines) is 1. The summed E-state index contributed by atoms with van der Waals surface area (Å²) < 4.78 is 16.5. The van der Waals surface area contributed by atoms with Crippen LogP contribution in [0, 0.1) is 0 Å². The zero-order chi connectivity index (χ0) is 16.4. The number of rotatable bonds is 4. The lowest BCUT2D eigenvalue weighted by Gasteiger charge is -2.36. The number of benzene rings is 1. The first-order valence-corrected chi connectivity index (χ1v) is 8.45. The molecule has 0 spiro atoms. The number of aromatic nitrogens is 1. The van der Waals surface area contributed by atoms with Crippen LogP contribution in [0.5, 0.6) is 17.2 Å². The van der Waals surface area contributed by atoms with Crippen LogP contribution >= 0.6 is 0 Å². The highest BCUT2D eigenvalue weighted by Crippen LogP contribution is 2.42. The van der Waals surface area contributed by atoms with Gasteiger partial charge in [0.1, 0.15) is 0 Å². The fraction of sp³-hybridized carbons (Fsp3) is 0.421. The molecule has 0 bridgehead atoms. The molecule has 1 aromatic heterocycles. The van der Waals surface area contributed by atoms with Crippen molar-refractivity contribution in [2.24, 2.45) is 0 Å². The third-order valence-corrected chi connectivity index (χ3v) is 4.79. The smallest absolute Gasteiger partial charge is 0.231 e. The van der Waals surface area contributed by atoms with Gasteiger partial charge in [-0.1, -0.05) is 12.5 Å². The van der Waals surface area contributed by atoms with Crippen LogP contribution < -0.4 is 14.2 Å². The van der Waals surface area contributed by atoms with Crippen molar-refractivity contribution in [3.63, 3.8) is 0 Å². The van der Waals surface area contributed by atoms with Crippen LogP contribution in [0.15, 0.2) is 36.7 Å². The van der Waals surface area contributed by atoms with E-state index < -0.39 is 0 Å². The van der Waals surface area contributed by atoms with E-state index in [4.69, 9.17) is 14.2 Å². The van der Waals surface area contributed by atoms with E-state index in [-0.39, 0.29) is 6.79 Å². The predicted molar refractivity (Wildman–Crippen MR) is 90.4 cm³/mol. The van der Waals surface area contributed by atoms with Crippen molar-refractivity contribution in [2.75, 3.05) is 20.4 Å². The van der Waals surface area contributed by atoms with E-state index in [0.717, 1.165) is 24.6 Å². The molecule has 0 amide bonds. The SMILES string of the molecule is COc1cc(CN2CCCC[C@H]2c2cccnc2)cc2c1OCO2. The Morgan fingerprint density at radius 1 is 1.29 bits per heavy atom. The van der Waals surface area contributed by atoms with E-state index in [9.17, 15) is 0 Å². The van der Waals surface area contributed by atoms with E-state index in [1.165, 1.54) is 30.4 Å². The van der Waals surface area contributed by atoms with Crippen molar-refractivity contribution in [3.8, 4) is 17.2 Å². The van der Waals surface area contributed by atoms with Gasteiger partial charge in [-0.05, 0) is 48.7 Å². The van der Waals surface area contributed by atoms with E-state index in [1.807, 2.05) is 18.5 Å². The Bertz CT molecular complexity index is 705. The molecule has 5 heteroatoms. The van der Waals surface area contributed by atoms with Gasteiger partial charge in [-0.3, -0.25) is 9.88 Å². The maximum absolute atomic E-state index is 5.55. The second-order valence-corrected chi connectivity index (χ2v) is 6.30. The number of methoxy groups -OCH3 is 1. The Kier molecular flexibility index (Phi) is 4.26. The minimum Gasteiger partial charge on any atom is -0.493 e. The minimum absolute atomic E-state index is 0.261. The summed E-state index contributed by atoms with van der Waals surface area (Å²) in [5.74, 6) is 2.23. The normalized spacial score (nSPS) is 20.1. The van der Waals surface area contributed by atoms with Gasteiger partial charge in [0.25, 0.3) is 0 Å². The highest BCUT2D eigenvalue weighted by Gasteiger charge is 2.26. The average molecular weight is 326 g/mol. The fourth-order valence-corrected chi connectivity index (χ4v) is 3.64. The number of hydrogen-bond donors (Lipinski definition) is 0. The molecule has 0 radical (unpaired) electrons. The number of piperidine rings is 1. The molecule has 3 heterocycles. The van der Waals surface area contributed by atoms with Gasteiger partial charge < -0.3 is 14.2 Å². The first kappa shape index (κ1) is 15.3. The Labute approximate surface area is 142 Å². The van der Waals surface area contributed by atoms with Gasteiger partial charge in [0.15, 0.2) is 11.5 Å². The standard InChI is InChI=1S/C19H22N2O3/c1-22-17-9-14(10-18-19(17)24-13-23-18)12-21-8-3-2-6-16(21)15-5-4-7-20-11-15/h4-5,7,9-11,16H,2-3,6,8,12-13H2,1H3/t16-/m0/s1. The number of ether oxygens (including phenoxy) is 3. The number of pyridine rings is 1. The summed E-state index contributed by atoms with van der Waals surface area (Å²) in [6.45, 7) is 2.22. The number of hydrogen-bond acceptors (Lipinski definition) is 5. The summed E-state index contributed by atoms with van der Waals surface area (Å²) >= 11 is 0. The molecule has 4 rings (SSSR count). The van der Waals surface area contributed by atoms with Crippen LogP contribution in [0.4, 0.5) is 0 Å². The van der Waals surface area contributed by atoms with Crippen molar-refractivity contribution in [1.82, 2.24) is 9.88 Å². The topological polar surface area (TPSA) is 43.8 Å². The molecular weight excluding hydrogens is 304 g/mol. The lowest BCUT2D eigenvalue weighted by Crippen LogP contribution is -2.33. The van der Waals surface area contributed by atoms with Crippen LogP contribution in [-0.2, 0) is 6.54 Å². The van der Waals surface area contributed by atoms with Gasteiger partial charge in [-0.2, -0.15) is 0 Å². The van der Waals surface area contributed by atoms with Crippen LogP contribution in [0.1, 0.15) is 36.4 Å². The van der Waals surface area contributed by atoms with Crippen LogP contribution in [0.2, 0.25) is 0 Å². The van der Waals surface area contributed by atoms with Crippen molar-refractivity contribution in [1.29, 1.82) is 0 Å². The fourth-order valence-electron chi connectivity index (χ4n) is 3.64. The summed E-state index contributed by atoms with van der Waals surface area (Å²) in [6, 6.07) is 8.74. The molecule has 0 aliphatic carbocycles. The highest BCUT2D eigenvalue weighted by molar-refractivity contribution is 5.55. The van der Waals surface area contributed by atoms with Crippen molar-refractivity contribution in [2.45, 2.75) is 31.8 Å². The first-order chi connectivity index (χ1) is 11.8. The minimum atomic E-state index is 0.261. The van der Waals surface area contributed by atoms with Gasteiger partial charge in [0.05, 0.1) is 7.11 Å². The van der Waals surface area contributed by atoms with Gasteiger partial charge in [0.2, 0.25) is 12.5 Å². The monoisotopic (exact) mass is 326 g/mol. The largest absolute Gasteiger partial charge is 0.493 e. The van der Waals surface area contributed by atoms with Gasteiger partial charge in [-0.15, -0.1) is 0 Å². The Morgan fingerprint density at radius 2 is 2.25 bits per heavy atom. The van der Waals surface area contributed by atoms with Gasteiger partial charge >= 0.3 is 0 Å². The van der Waals surface area contributed by atoms with Crippen molar-refractivity contribution < 1.29 is 14.2 Å². The van der Waals surface area contributed by atoms with Crippen LogP contribution in [-0.4, -0.2) is 30.3 Å². The lowest BCUT2D eigenvalue weighted by atomic mass is 9.95. The van der Waals surface area contributed by atoms with Crippen molar-refractivity contribution in [3.05, 3.63) is 47.8 Å². The van der Waals surface area contributed by atoms with Gasteiger partial charge in [-0.25, -0.2) is 0 Å². The zero-order valence-corrected chi connectivity index (χ0v) is 13.9. The Balaban J connectivity index is 1.59. The van der Waals surface area contributed by atoms with E-state index in [2.05, 4.69) is 28.1 Å². The third kappa shape index (κ3) is 2.91. The molecule has 0 N–H and O–H groups in total. The number of nitrogens with zero attached hydrogens (tertiary/aromatic N) is 2. The molecule has 1 atom stereocenters. The molecule has 2 aliphatic rings. The lowest BCUT2D eigenvalue weighted by molar-refractivity contribution is 0.140. The van der Waals surface area contributed by atoms with E-state index in [1.54, 1.807) is 7.11 Å². The summed E-state index contributed by atoms with van der Waals surface area (Å²) in [7, 11) is 1.67. The summed E-state index contributed by atoms with van der Waals surface area (Å²) in [4.78, 5) is 6.82. The molecular formula is C19H22N2O3. The quantitative estimate of drug-likeness (QED) is 0.860. The Hall–Kier alpha value is -2.27. The predicted octanol–water partition coefficient (Wildman–Crippen LogP) is 3.55. The summed E-state index contributed by atoms with van der Waals surface area (Å²) in [5.41, 5.74) is 2.48. The molecule has 24 heavy (non-hydrogen) atoms. The molecule has 5 nitrogen and oxygen atoms in total. The number of fused-ring (bicyclic) bond motifs is 1. The molecule has 1 saturated heterocycles. The van der Waals surface area contributed by atoms with E-state index >= 15 is 0 Å². The third-order valence-electron chi connectivity index (χ3n) is 4.79. The highest BCUT2D eigenvalue weighted by atomic mass is 16.7. The van der Waals surface area contributed by atoms with E-state index in [0.29, 0.717) is 11.8 Å². The van der Waals surface area contributed by atoms with Crippen molar-refractivity contribution >= 4 is 0 Å². The summed E-state index contributed by atoms with van der Waals surface area (Å²) in [6.07, 6.45) is 7.49. The molecule has 2 aliphatic heterocycles. The molecule has 1 aromatic carbocycles. The maximum atomic E-state index is 5.55. The Morgan fingerprint density at radius 3 is 3.08 bits per heavy atom. The van der Waals surface area contributed by atoms with Crippen LogP contribution in [0.3, 0.4) is 0 Å².